The molecule has 0 spiro atoms. The first-order chi connectivity index (χ1) is 12.0. The predicted octanol–water partition coefficient (Wildman–Crippen LogP) is 2.55. The Kier molecular flexibility index (Phi) is 4.69. The summed E-state index contributed by atoms with van der Waals surface area (Å²) in [5.74, 6) is -0.240. The van der Waals surface area contributed by atoms with Crippen LogP contribution in [0.4, 0.5) is 10.5 Å². The highest BCUT2D eigenvalue weighted by Crippen LogP contribution is 2.31. The molecule has 0 fully saturated rings. The Balaban J connectivity index is 2.09. The minimum absolute atomic E-state index is 0.0631. The van der Waals surface area contributed by atoms with Crippen molar-refractivity contribution >= 4 is 17.7 Å². The molecule has 0 saturated carbocycles. The zero-order chi connectivity index (χ0) is 18.0. The number of hydrogen-bond donors (Lipinski definition) is 3. The number of aromatic nitrogens is 3. The van der Waals surface area contributed by atoms with E-state index in [1.54, 1.807) is 24.1 Å². The van der Waals surface area contributed by atoms with E-state index in [2.05, 4.69) is 20.7 Å². The van der Waals surface area contributed by atoms with Gasteiger partial charge in [-0.25, -0.2) is 4.79 Å². The van der Waals surface area contributed by atoms with Gasteiger partial charge in [-0.05, 0) is 25.0 Å². The molecular formula is C17H21N5O3. The molecule has 0 aromatic carbocycles. The van der Waals surface area contributed by atoms with Crippen LogP contribution in [0.15, 0.2) is 24.5 Å². The lowest BCUT2D eigenvalue weighted by Crippen LogP contribution is -2.28. The van der Waals surface area contributed by atoms with Crippen LogP contribution in [-0.4, -0.2) is 31.9 Å². The number of aryl methyl sites for hydroxylation is 1. The number of nitrogens with zero attached hydrogens (tertiary/aromatic N) is 3. The minimum Gasteiger partial charge on any atom is -0.465 e. The minimum atomic E-state index is -1.09. The highest BCUT2D eigenvalue weighted by molar-refractivity contribution is 5.95. The Morgan fingerprint density at radius 3 is 3.00 bits per heavy atom. The third kappa shape index (κ3) is 3.62. The maximum absolute atomic E-state index is 12.4. The number of carbonyl (C=O) groups is 2. The topological polar surface area (TPSA) is 109 Å². The molecule has 3 N–H and O–H groups in total. The summed E-state index contributed by atoms with van der Waals surface area (Å²) in [5.41, 5.74) is 2.89. The summed E-state index contributed by atoms with van der Waals surface area (Å²) in [6, 6.07) is 3.26. The molecule has 8 nitrogen and oxygen atoms in total. The summed E-state index contributed by atoms with van der Waals surface area (Å²) in [4.78, 5) is 27.9. The van der Waals surface area contributed by atoms with Gasteiger partial charge in [-0.3, -0.25) is 14.5 Å². The monoisotopic (exact) mass is 343 g/mol. The normalized spacial score (nSPS) is 20.6. The number of anilines is 1. The number of rotatable bonds is 1. The number of nitrogens with one attached hydrogen (secondary N) is 2. The smallest absolute Gasteiger partial charge is 0.405 e. The van der Waals surface area contributed by atoms with Gasteiger partial charge < -0.3 is 15.7 Å². The van der Waals surface area contributed by atoms with E-state index in [1.807, 2.05) is 19.1 Å². The molecular weight excluding hydrogens is 322 g/mol. The Morgan fingerprint density at radius 2 is 2.24 bits per heavy atom. The highest BCUT2D eigenvalue weighted by atomic mass is 16.4. The molecule has 3 heterocycles. The van der Waals surface area contributed by atoms with Gasteiger partial charge in [0.15, 0.2) is 0 Å². The number of carboxylic acid groups (broad SMARTS) is 1. The van der Waals surface area contributed by atoms with E-state index in [0.29, 0.717) is 30.6 Å². The third-order valence-electron chi connectivity index (χ3n) is 4.48. The van der Waals surface area contributed by atoms with E-state index in [9.17, 15) is 9.59 Å². The van der Waals surface area contributed by atoms with Crippen molar-refractivity contribution in [3.8, 4) is 11.3 Å². The summed E-state index contributed by atoms with van der Waals surface area (Å²) < 4.78 is 1.69. The predicted molar refractivity (Wildman–Crippen MR) is 92.0 cm³/mol. The van der Waals surface area contributed by atoms with Crippen LogP contribution in [0.5, 0.6) is 0 Å². The Morgan fingerprint density at radius 1 is 1.44 bits per heavy atom. The lowest BCUT2D eigenvalue weighted by Gasteiger charge is -2.20. The second-order valence-corrected chi connectivity index (χ2v) is 6.32. The molecule has 8 heteroatoms. The fraction of sp³-hybridized carbons (Fsp3) is 0.412. The van der Waals surface area contributed by atoms with E-state index >= 15 is 0 Å². The Hall–Kier alpha value is -2.90. The van der Waals surface area contributed by atoms with Crippen molar-refractivity contribution in [2.45, 2.75) is 32.2 Å². The zero-order valence-electron chi connectivity index (χ0n) is 14.2. The molecule has 132 valence electrons. The Labute approximate surface area is 145 Å². The summed E-state index contributed by atoms with van der Waals surface area (Å²) in [6.45, 7) is 1.87. The number of fused-ring (bicyclic) bond motifs is 4. The van der Waals surface area contributed by atoms with E-state index < -0.39 is 12.1 Å². The molecule has 0 radical (unpaired) electrons. The fourth-order valence-corrected chi connectivity index (χ4v) is 3.12. The van der Waals surface area contributed by atoms with Gasteiger partial charge in [-0.15, -0.1) is 0 Å². The first kappa shape index (κ1) is 16.9. The number of carbonyl (C=O) groups excluding carboxylic acids is 1. The lowest BCUT2D eigenvalue weighted by molar-refractivity contribution is -0.119. The standard InChI is InChI=1S/C17H21N5O3/c1-10-4-3-5-12(21-17(24)25)13-8-11(6-7-18-13)15-14(20-16(10)23)9-19-22(15)2/h6-10,12,21H,3-5H2,1-2H3,(H,20,23)(H,24,25)/t10-,12+/m1/s1. The molecule has 2 atom stereocenters. The Bertz CT molecular complexity index is 801. The second-order valence-electron chi connectivity index (χ2n) is 6.32. The molecule has 2 amide bonds. The summed E-state index contributed by atoms with van der Waals surface area (Å²) in [5, 5.41) is 18.9. The van der Waals surface area contributed by atoms with Gasteiger partial charge in [-0.2, -0.15) is 5.10 Å². The van der Waals surface area contributed by atoms with Crippen molar-refractivity contribution in [3.63, 3.8) is 0 Å². The summed E-state index contributed by atoms with van der Waals surface area (Å²) in [6.07, 6.45) is 4.15. The van der Waals surface area contributed by atoms with E-state index in [4.69, 9.17) is 5.11 Å². The highest BCUT2D eigenvalue weighted by Gasteiger charge is 2.22. The van der Waals surface area contributed by atoms with E-state index in [1.165, 1.54) is 0 Å². The molecule has 0 aliphatic carbocycles. The molecule has 1 aliphatic rings. The van der Waals surface area contributed by atoms with Crippen molar-refractivity contribution in [2.24, 2.45) is 13.0 Å². The van der Waals surface area contributed by atoms with Gasteiger partial charge in [0, 0.05) is 24.7 Å². The maximum Gasteiger partial charge on any atom is 0.405 e. The molecule has 2 aromatic rings. The van der Waals surface area contributed by atoms with E-state index in [-0.39, 0.29) is 11.8 Å². The molecule has 1 aliphatic heterocycles. The lowest BCUT2D eigenvalue weighted by atomic mass is 9.97. The second kappa shape index (κ2) is 6.92. The number of hydrogen-bond acceptors (Lipinski definition) is 4. The fourth-order valence-electron chi connectivity index (χ4n) is 3.12. The van der Waals surface area contributed by atoms with Crippen LogP contribution in [0.3, 0.4) is 0 Å². The van der Waals surface area contributed by atoms with Crippen LogP contribution in [-0.2, 0) is 11.8 Å². The molecule has 3 rings (SSSR count). The third-order valence-corrected chi connectivity index (χ3v) is 4.48. The van der Waals surface area contributed by atoms with Gasteiger partial charge >= 0.3 is 6.09 Å². The molecule has 2 aromatic heterocycles. The van der Waals surface area contributed by atoms with Gasteiger partial charge in [0.2, 0.25) is 5.91 Å². The van der Waals surface area contributed by atoms with Crippen LogP contribution in [0.2, 0.25) is 0 Å². The summed E-state index contributed by atoms with van der Waals surface area (Å²) >= 11 is 0. The van der Waals surface area contributed by atoms with Gasteiger partial charge in [0.25, 0.3) is 0 Å². The van der Waals surface area contributed by atoms with Crippen molar-refractivity contribution in [3.05, 3.63) is 30.2 Å². The quantitative estimate of drug-likeness (QED) is 0.737. The van der Waals surface area contributed by atoms with E-state index in [0.717, 1.165) is 11.3 Å². The van der Waals surface area contributed by atoms with Crippen molar-refractivity contribution in [2.75, 3.05) is 5.32 Å². The average molecular weight is 343 g/mol. The van der Waals surface area contributed by atoms with Crippen LogP contribution in [0, 0.1) is 5.92 Å². The first-order valence-electron chi connectivity index (χ1n) is 8.24. The van der Waals surface area contributed by atoms with Crippen molar-refractivity contribution in [1.29, 1.82) is 0 Å². The molecule has 0 saturated heterocycles. The van der Waals surface area contributed by atoms with Crippen molar-refractivity contribution in [1.82, 2.24) is 20.1 Å². The van der Waals surface area contributed by atoms with Gasteiger partial charge in [0.05, 0.1) is 29.3 Å². The summed E-state index contributed by atoms with van der Waals surface area (Å²) in [7, 11) is 1.80. The zero-order valence-corrected chi connectivity index (χ0v) is 14.2. The first-order valence-corrected chi connectivity index (χ1v) is 8.24. The van der Waals surface area contributed by atoms with Gasteiger partial charge in [0.1, 0.15) is 0 Å². The van der Waals surface area contributed by atoms with Crippen LogP contribution >= 0.6 is 0 Å². The maximum atomic E-state index is 12.4. The number of amides is 2. The molecule has 0 unspecified atom stereocenters. The SMILES string of the molecule is C[C@@H]1CCC[C@H](NC(=O)O)c2cc(ccn2)-c2c(cnn2C)NC1=O. The van der Waals surface area contributed by atoms with Gasteiger partial charge in [-0.1, -0.05) is 13.3 Å². The molecule has 2 bridgehead atoms. The average Bonchev–Trinajstić information content (AvgIpc) is 2.93. The largest absolute Gasteiger partial charge is 0.465 e. The molecule has 25 heavy (non-hydrogen) atoms. The van der Waals surface area contributed by atoms with Crippen LogP contribution < -0.4 is 10.6 Å². The van der Waals surface area contributed by atoms with Crippen LogP contribution in [0.25, 0.3) is 11.3 Å². The number of pyridine rings is 1. The van der Waals surface area contributed by atoms with Crippen LogP contribution in [0.1, 0.15) is 37.9 Å². The van der Waals surface area contributed by atoms with Crippen molar-refractivity contribution < 1.29 is 14.7 Å².